The van der Waals surface area contributed by atoms with E-state index in [0.717, 1.165) is 18.4 Å². The lowest BCUT2D eigenvalue weighted by Crippen LogP contribution is -2.43. The summed E-state index contributed by atoms with van der Waals surface area (Å²) in [5.41, 5.74) is 2.09. The van der Waals surface area contributed by atoms with Crippen LogP contribution in [0.25, 0.3) is 6.08 Å². The predicted octanol–water partition coefficient (Wildman–Crippen LogP) is 4.86. The van der Waals surface area contributed by atoms with Crippen molar-refractivity contribution in [1.82, 2.24) is 14.7 Å². The molecular formula is C27H33ClFN3O4S. The molecule has 4 rings (SSSR count). The van der Waals surface area contributed by atoms with E-state index in [1.165, 1.54) is 17.8 Å². The number of ketones is 1. The Morgan fingerprint density at radius 1 is 1.22 bits per heavy atom. The van der Waals surface area contributed by atoms with E-state index in [1.807, 2.05) is 17.0 Å². The molecule has 1 aromatic carbocycles. The average Bonchev–Trinajstić information content (AvgIpc) is 3.60. The zero-order chi connectivity index (χ0) is 25.7. The Kier molecular flexibility index (Phi) is 10.5. The molecule has 200 valence electrons. The number of aryl methyl sites for hydroxylation is 1. The maximum Gasteiger partial charge on any atom is 0.307 e. The van der Waals surface area contributed by atoms with Crippen molar-refractivity contribution in [3.05, 3.63) is 59.2 Å². The molecule has 1 saturated carbocycles. The lowest BCUT2D eigenvalue weighted by atomic mass is 9.93. The van der Waals surface area contributed by atoms with Gasteiger partial charge in [0.05, 0.1) is 31.3 Å². The summed E-state index contributed by atoms with van der Waals surface area (Å²) in [6.45, 7) is 5.11. The summed E-state index contributed by atoms with van der Waals surface area (Å²) in [5.74, 6) is -0.585. The highest BCUT2D eigenvalue weighted by Crippen LogP contribution is 2.40. The van der Waals surface area contributed by atoms with Crippen LogP contribution in [0.2, 0.25) is 0 Å². The number of nitrogens with zero attached hydrogens (tertiary/aromatic N) is 3. The molecule has 0 radical (unpaired) electrons. The normalized spacial score (nSPS) is 19.8. The molecule has 0 N–H and O–H groups in total. The zero-order valence-electron chi connectivity index (χ0n) is 21.1. The third-order valence-electron chi connectivity index (χ3n) is 6.45. The average molecular weight is 550 g/mol. The van der Waals surface area contributed by atoms with E-state index in [0.29, 0.717) is 43.9 Å². The van der Waals surface area contributed by atoms with Gasteiger partial charge in [-0.15, -0.1) is 12.4 Å². The van der Waals surface area contributed by atoms with Crippen LogP contribution in [0.5, 0.6) is 0 Å². The zero-order valence-corrected chi connectivity index (χ0v) is 22.7. The monoisotopic (exact) mass is 549 g/mol. The highest BCUT2D eigenvalue weighted by molar-refractivity contribution is 8.14. The first-order chi connectivity index (χ1) is 17.4. The first-order valence-electron chi connectivity index (χ1n) is 12.4. The van der Waals surface area contributed by atoms with Crippen LogP contribution >= 0.6 is 24.2 Å². The molecule has 0 spiro atoms. The molecule has 37 heavy (non-hydrogen) atoms. The third kappa shape index (κ3) is 7.75. The van der Waals surface area contributed by atoms with Crippen LogP contribution in [-0.2, 0) is 25.7 Å². The molecular weight excluding hydrogens is 517 g/mol. The molecule has 1 aromatic heterocycles. The Morgan fingerprint density at radius 3 is 2.65 bits per heavy atom. The summed E-state index contributed by atoms with van der Waals surface area (Å²) in [7, 11) is 0. The molecule has 0 amide bonds. The van der Waals surface area contributed by atoms with Crippen molar-refractivity contribution in [3.63, 3.8) is 0 Å². The van der Waals surface area contributed by atoms with Crippen molar-refractivity contribution < 1.29 is 23.5 Å². The van der Waals surface area contributed by atoms with Crippen LogP contribution in [0, 0.1) is 11.7 Å². The van der Waals surface area contributed by atoms with E-state index in [2.05, 4.69) is 5.10 Å². The Labute approximate surface area is 227 Å². The number of hydrogen-bond donors (Lipinski definition) is 0. The van der Waals surface area contributed by atoms with Crippen LogP contribution in [-0.4, -0.2) is 56.5 Å². The number of rotatable bonds is 10. The fourth-order valence-electron chi connectivity index (χ4n) is 4.60. The summed E-state index contributed by atoms with van der Waals surface area (Å²) in [4.78, 5) is 39.0. The van der Waals surface area contributed by atoms with Crippen molar-refractivity contribution in [2.24, 2.45) is 5.92 Å². The summed E-state index contributed by atoms with van der Waals surface area (Å²) < 4.78 is 21.5. The maximum atomic E-state index is 14.8. The minimum Gasteiger partial charge on any atom is -0.466 e. The molecule has 0 bridgehead atoms. The van der Waals surface area contributed by atoms with Crippen LogP contribution in [0.3, 0.4) is 0 Å². The largest absolute Gasteiger partial charge is 0.466 e. The van der Waals surface area contributed by atoms with Gasteiger partial charge in [-0.1, -0.05) is 30.0 Å². The molecule has 1 unspecified atom stereocenters. The number of aromatic nitrogens is 2. The molecule has 2 aliphatic rings. The number of benzene rings is 1. The van der Waals surface area contributed by atoms with Crippen LogP contribution in [0.1, 0.15) is 56.8 Å². The lowest BCUT2D eigenvalue weighted by molar-refractivity contribution is -0.143. The molecule has 1 aliphatic heterocycles. The van der Waals surface area contributed by atoms with E-state index in [-0.39, 0.29) is 52.7 Å². The predicted molar refractivity (Wildman–Crippen MR) is 144 cm³/mol. The topological polar surface area (TPSA) is 81.5 Å². The molecule has 1 saturated heterocycles. The molecule has 7 nitrogen and oxygen atoms in total. The molecule has 10 heteroatoms. The number of piperidine rings is 1. The summed E-state index contributed by atoms with van der Waals surface area (Å²) in [6, 6.07) is 7.72. The standard InChI is InChI=1S/C27H32FN3O4S.ClH/c1-3-35-25(33)12-15-31-14-10-21(29-31)16-20-17-30(13-11-24(20)36-18(2)32)26(27(34)19-8-9-19)22-6-4-5-7-23(22)28;/h4-7,10,14,16,19,24,26H,3,8-9,11-13,15,17H2,1-2H3;1H/b20-16+;/t24-,26?;/m0./s1. The molecule has 2 heterocycles. The highest BCUT2D eigenvalue weighted by Gasteiger charge is 2.41. The molecule has 1 aliphatic carbocycles. The highest BCUT2D eigenvalue weighted by atomic mass is 35.5. The fraction of sp³-hybridized carbons (Fsp3) is 0.481. The van der Waals surface area contributed by atoms with Gasteiger partial charge in [-0.2, -0.15) is 5.10 Å². The molecule has 2 fully saturated rings. The van der Waals surface area contributed by atoms with E-state index >= 15 is 0 Å². The third-order valence-corrected chi connectivity index (χ3v) is 7.60. The number of halogens is 2. The summed E-state index contributed by atoms with van der Waals surface area (Å²) in [6.07, 6.45) is 6.36. The smallest absolute Gasteiger partial charge is 0.307 e. The SMILES string of the molecule is CCOC(=O)CCn1ccc(/C=C2\CN(C(C(=O)C3CC3)c3ccccc3F)CC[C@@H]2SC(C)=O)n1.Cl. The Morgan fingerprint density at radius 2 is 1.97 bits per heavy atom. The van der Waals surface area contributed by atoms with Crippen molar-refractivity contribution in [2.75, 3.05) is 19.7 Å². The van der Waals surface area contributed by atoms with Crippen molar-refractivity contribution >= 4 is 47.1 Å². The van der Waals surface area contributed by atoms with Crippen molar-refractivity contribution in [2.45, 2.75) is 57.4 Å². The van der Waals surface area contributed by atoms with Gasteiger partial charge >= 0.3 is 5.97 Å². The number of ether oxygens (including phenoxy) is 1. The van der Waals surface area contributed by atoms with Gasteiger partial charge in [-0.3, -0.25) is 24.0 Å². The number of likely N-dealkylation sites (tertiary alicyclic amines) is 1. The minimum atomic E-state index is -0.646. The van der Waals surface area contributed by atoms with E-state index in [9.17, 15) is 18.8 Å². The van der Waals surface area contributed by atoms with Crippen molar-refractivity contribution in [3.8, 4) is 0 Å². The lowest BCUT2D eigenvalue weighted by Gasteiger charge is -2.38. The number of carbonyl (C=O) groups excluding carboxylic acids is 3. The molecule has 2 atom stereocenters. The second kappa shape index (κ2) is 13.3. The summed E-state index contributed by atoms with van der Waals surface area (Å²) >= 11 is 1.28. The van der Waals surface area contributed by atoms with Gasteiger partial charge in [-0.05, 0) is 50.0 Å². The number of hydrogen-bond acceptors (Lipinski definition) is 7. The van der Waals surface area contributed by atoms with E-state index in [1.54, 1.807) is 42.9 Å². The quantitative estimate of drug-likeness (QED) is 0.392. The van der Waals surface area contributed by atoms with Gasteiger partial charge in [0.2, 0.25) is 0 Å². The number of carbonyl (C=O) groups is 3. The second-order valence-electron chi connectivity index (χ2n) is 9.24. The van der Waals surface area contributed by atoms with E-state index < -0.39 is 6.04 Å². The molecule has 2 aromatic rings. The van der Waals surface area contributed by atoms with Gasteiger partial charge in [-0.25, -0.2) is 4.39 Å². The fourth-order valence-corrected chi connectivity index (χ4v) is 5.52. The van der Waals surface area contributed by atoms with Gasteiger partial charge in [0, 0.05) is 42.9 Å². The first kappa shape index (κ1) is 29.1. The van der Waals surface area contributed by atoms with E-state index in [4.69, 9.17) is 4.74 Å². The number of thioether (sulfide) groups is 1. The van der Waals surface area contributed by atoms with Gasteiger partial charge in [0.1, 0.15) is 5.82 Å². The van der Waals surface area contributed by atoms with Crippen LogP contribution in [0.4, 0.5) is 4.39 Å². The maximum absolute atomic E-state index is 14.8. The first-order valence-corrected chi connectivity index (χ1v) is 13.3. The Hall–Kier alpha value is -2.49. The number of Topliss-reactive ketones (excluding diaryl/α,β-unsaturated/α-hetero) is 1. The van der Waals surface area contributed by atoms with Crippen LogP contribution < -0.4 is 0 Å². The summed E-state index contributed by atoms with van der Waals surface area (Å²) in [5, 5.41) is 4.54. The second-order valence-corrected chi connectivity index (χ2v) is 10.6. The van der Waals surface area contributed by atoms with Crippen molar-refractivity contribution in [1.29, 1.82) is 0 Å². The minimum absolute atomic E-state index is 0. The van der Waals surface area contributed by atoms with Gasteiger partial charge in [0.15, 0.2) is 10.9 Å². The number of esters is 1. The van der Waals surface area contributed by atoms with Gasteiger partial charge < -0.3 is 4.74 Å². The Balaban J connectivity index is 0.00000380. The van der Waals surface area contributed by atoms with Gasteiger partial charge in [0.25, 0.3) is 0 Å². The Bertz CT molecular complexity index is 1150. The van der Waals surface area contributed by atoms with Crippen LogP contribution in [0.15, 0.2) is 42.1 Å².